The van der Waals surface area contributed by atoms with Gasteiger partial charge in [0, 0.05) is 57.3 Å². The smallest absolute Gasteiger partial charge is 0.152 e. The van der Waals surface area contributed by atoms with Crippen molar-refractivity contribution in [3.8, 4) is 5.75 Å². The van der Waals surface area contributed by atoms with Gasteiger partial charge in [0.1, 0.15) is 5.75 Å². The second kappa shape index (κ2) is 108. The fourth-order valence-corrected chi connectivity index (χ4v) is 11.7. The van der Waals surface area contributed by atoms with Gasteiger partial charge in [-0.25, -0.2) is 0 Å². The van der Waals surface area contributed by atoms with Gasteiger partial charge in [-0.1, -0.05) is 524 Å². The number of fused-ring (bicyclic) bond motifs is 9. The second-order valence-corrected chi connectivity index (χ2v) is 37.6. The van der Waals surface area contributed by atoms with Crippen molar-refractivity contribution in [1.82, 2.24) is 15.0 Å². The van der Waals surface area contributed by atoms with Crippen molar-refractivity contribution in [3.05, 3.63) is 337 Å². The molecule has 0 saturated carbocycles. The lowest BCUT2D eigenvalue weighted by atomic mass is 10.1. The molecular formula is C131H211N3O2S2. The van der Waals surface area contributed by atoms with Crippen molar-refractivity contribution in [2.24, 2.45) is 53.3 Å². The van der Waals surface area contributed by atoms with Crippen molar-refractivity contribution < 1.29 is 9.15 Å². The molecule has 5 nitrogen and oxygen atoms in total. The van der Waals surface area contributed by atoms with E-state index in [1.54, 1.807) is 41.1 Å². The summed E-state index contributed by atoms with van der Waals surface area (Å²) in [5.74, 6) is 9.84. The number of benzene rings is 9. The molecule has 138 heavy (non-hydrogen) atoms. The topological polar surface area (TPSA) is 61.0 Å². The van der Waals surface area contributed by atoms with Gasteiger partial charge in [-0.3, -0.25) is 15.0 Å². The van der Waals surface area contributed by atoms with Crippen molar-refractivity contribution in [2.45, 2.75) is 355 Å². The van der Waals surface area contributed by atoms with Gasteiger partial charge < -0.3 is 9.15 Å². The number of ether oxygens (including phenoxy) is 1. The van der Waals surface area contributed by atoms with Gasteiger partial charge in [-0.15, -0.1) is 23.1 Å². The van der Waals surface area contributed by atoms with Crippen LogP contribution in [-0.2, 0) is 32.1 Å². The number of pyridine rings is 3. The van der Waals surface area contributed by atoms with Crippen LogP contribution in [0.15, 0.2) is 313 Å². The molecule has 0 N–H and O–H groups in total. The van der Waals surface area contributed by atoms with Crippen LogP contribution in [0, 0.1) is 53.3 Å². The zero-order valence-corrected chi connectivity index (χ0v) is 98.9. The summed E-state index contributed by atoms with van der Waals surface area (Å²) in [5.41, 5.74) is 10.8. The highest BCUT2D eigenvalue weighted by atomic mass is 32.2. The lowest BCUT2D eigenvalue weighted by molar-refractivity contribution is 0.357. The van der Waals surface area contributed by atoms with E-state index in [1.807, 2.05) is 228 Å². The molecule has 5 aromatic heterocycles. The molecule has 0 atom stereocenters. The maximum Gasteiger partial charge on any atom is 0.152 e. The number of aryl methyl sites for hydroxylation is 3. The molecule has 0 bridgehead atoms. The molecule has 0 spiro atoms. The van der Waals surface area contributed by atoms with E-state index in [9.17, 15) is 0 Å². The zero-order chi connectivity index (χ0) is 107. The van der Waals surface area contributed by atoms with E-state index in [4.69, 9.17) is 9.15 Å². The maximum atomic E-state index is 5.30. The minimum atomic E-state index is 0.833. The molecule has 0 saturated heterocycles. The summed E-state index contributed by atoms with van der Waals surface area (Å²) in [6, 6.07) is 87.4. The van der Waals surface area contributed by atoms with Crippen LogP contribution in [0.4, 0.5) is 0 Å². The molecule has 774 valence electrons. The molecule has 0 unspecified atom stereocenters. The number of hydrogen-bond donors (Lipinski definition) is 0. The Kier molecular flexibility index (Phi) is 115. The van der Waals surface area contributed by atoms with Crippen LogP contribution in [-0.4, -0.2) is 27.3 Å². The predicted octanol–water partition coefficient (Wildman–Crippen LogP) is 44.6. The summed E-state index contributed by atoms with van der Waals surface area (Å²) in [7, 11) is 0. The molecule has 0 radical (unpaired) electrons. The number of para-hydroxylation sites is 2. The minimum absolute atomic E-state index is 0.833. The third-order valence-corrected chi connectivity index (χ3v) is 16.3. The minimum Gasteiger partial charge on any atom is -0.493 e. The Hall–Kier alpha value is -9.40. The van der Waals surface area contributed by atoms with Crippen molar-refractivity contribution >= 4 is 82.7 Å². The van der Waals surface area contributed by atoms with E-state index in [2.05, 4.69) is 401 Å². The third kappa shape index (κ3) is 92.9. The zero-order valence-electron chi connectivity index (χ0n) is 97.3. The number of furan rings is 1. The molecule has 2 aliphatic carbocycles. The number of rotatable bonds is 0. The normalized spacial score (nSPS) is 10.1. The van der Waals surface area contributed by atoms with E-state index in [1.165, 1.54) is 95.6 Å². The van der Waals surface area contributed by atoms with E-state index < -0.39 is 0 Å². The fraction of sp³-hybridized carbons (Fsp3) is 0.473. The molecule has 2 aliphatic heterocycles. The van der Waals surface area contributed by atoms with E-state index in [-0.39, 0.29) is 0 Å². The molecule has 7 heteroatoms. The Morgan fingerprint density at radius 1 is 0.275 bits per heavy atom. The molecule has 0 fully saturated rings. The number of allylic oxidation sites excluding steroid dienone is 1. The van der Waals surface area contributed by atoms with Crippen molar-refractivity contribution in [1.29, 1.82) is 0 Å². The second-order valence-electron chi connectivity index (χ2n) is 35.5. The summed E-state index contributed by atoms with van der Waals surface area (Å²) >= 11 is 3.76. The van der Waals surface area contributed by atoms with Crippen LogP contribution in [0.5, 0.6) is 5.75 Å². The molecule has 0 amide bonds. The summed E-state index contributed by atoms with van der Waals surface area (Å²) in [6.07, 6.45) is 22.4. The van der Waals surface area contributed by atoms with Crippen LogP contribution in [0.3, 0.4) is 0 Å². The Bertz CT molecular complexity index is 3990. The number of thioether (sulfide) groups is 1. The first-order chi connectivity index (χ1) is 66.3. The Balaban J connectivity index is -0.000000183. The largest absolute Gasteiger partial charge is 0.493 e. The van der Waals surface area contributed by atoms with Gasteiger partial charge >= 0.3 is 0 Å². The van der Waals surface area contributed by atoms with E-state index >= 15 is 0 Å². The van der Waals surface area contributed by atoms with Crippen LogP contribution >= 0.6 is 23.1 Å². The number of hydrogen-bond acceptors (Lipinski definition) is 7. The van der Waals surface area contributed by atoms with E-state index in [0.717, 1.165) is 94.9 Å². The summed E-state index contributed by atoms with van der Waals surface area (Å²) in [5, 5.41) is 10.8. The summed E-state index contributed by atoms with van der Waals surface area (Å²) in [4.78, 5) is 13.6. The van der Waals surface area contributed by atoms with Crippen molar-refractivity contribution in [2.75, 3.05) is 12.4 Å². The number of aromatic nitrogens is 3. The highest BCUT2D eigenvalue weighted by Crippen LogP contribution is 2.30. The fourth-order valence-electron chi connectivity index (χ4n) is 9.84. The van der Waals surface area contributed by atoms with Gasteiger partial charge in [0.2, 0.25) is 0 Å². The first-order valence-corrected chi connectivity index (χ1v) is 55.1. The lowest BCUT2D eigenvalue weighted by Crippen LogP contribution is -1.85. The lowest BCUT2D eigenvalue weighted by Gasteiger charge is -1.93. The summed E-state index contributed by atoms with van der Waals surface area (Å²) in [6.45, 7) is 95.4. The molecule has 18 rings (SSSR count). The Morgan fingerprint density at radius 2 is 0.623 bits per heavy atom. The standard InChI is InChI=1S/C10H8.2C9H7N.C9H10.C9H8.C8H8O.C8H8S.C8H6S.C7H5NO.9C4H10.9C2H6/c1-2-6-10-8-4-3-7-9(10)5-1;1-2-6-9-8(4-1)5-3-7-10-9;1-2-4-9-7-10-6-5-8(9)3-1;2*1-2-5-9-7-3-6-8(9)4-1;3*1-2-4-8-7(3-1)5-6-9-8;1-3-8-5-7-6(1)2-4-9-7;9*1-4(2)3;9*1-2/h1-8H;2*1-7H;1-2,4-5H,3,6-7H2;1-6H,7H2;2*1-4H,5-6H2;1-6H;1-5H;9*4H,1-3H3;9*1-2H3. The van der Waals surface area contributed by atoms with Crippen molar-refractivity contribution in [3.63, 3.8) is 0 Å². The third-order valence-electron chi connectivity index (χ3n) is 14.2. The molecule has 9 aromatic carbocycles. The molecule has 14 aromatic rings. The van der Waals surface area contributed by atoms with Gasteiger partial charge in [-0.05, 0) is 206 Å². The maximum absolute atomic E-state index is 5.30. The molecule has 7 heterocycles. The number of nitrogens with zero attached hydrogens (tertiary/aromatic N) is 3. The van der Waals surface area contributed by atoms with Crippen LogP contribution < -0.4 is 4.74 Å². The van der Waals surface area contributed by atoms with Gasteiger partial charge in [0.05, 0.1) is 24.6 Å². The highest BCUT2D eigenvalue weighted by molar-refractivity contribution is 7.99. The van der Waals surface area contributed by atoms with Crippen LogP contribution in [0.2, 0.25) is 0 Å². The number of thiophene rings is 1. The Morgan fingerprint density at radius 3 is 1.04 bits per heavy atom. The highest BCUT2D eigenvalue weighted by Gasteiger charge is 2.10. The monoisotopic (exact) mass is 1920 g/mol. The van der Waals surface area contributed by atoms with Crippen LogP contribution in [0.1, 0.15) is 351 Å². The predicted molar refractivity (Wildman–Crippen MR) is 644 cm³/mol. The SMILES string of the molecule is C1=Cc2ccccc2C1.CC.CC.CC.CC.CC.CC.CC.CC.CC.CC(C)C.CC(C)C.CC(C)C.CC(C)C.CC(C)C.CC(C)C.CC(C)C.CC(C)C.CC(C)C.c1cc2ccoc2cn1.c1ccc2c(c1)CCC2.c1ccc2c(c1)CCO2.c1ccc2c(c1)CCS2.c1ccc2ccccc2c1.c1ccc2cnccc2c1.c1ccc2ncccc2c1.c1ccc2sccc2c1. The van der Waals surface area contributed by atoms with E-state index in [0.29, 0.717) is 0 Å². The van der Waals surface area contributed by atoms with Gasteiger partial charge in [0.25, 0.3) is 0 Å². The average molecular weight is 1920 g/mol. The first kappa shape index (κ1) is 146. The molecular weight excluding hydrogens is 1710 g/mol. The van der Waals surface area contributed by atoms with Gasteiger partial charge in [0.15, 0.2) is 5.58 Å². The Labute approximate surface area is 863 Å². The average Bonchev–Trinajstić information content (AvgIpc) is 1.84. The molecule has 4 aliphatic rings. The van der Waals surface area contributed by atoms with Crippen LogP contribution in [0.25, 0.3) is 59.6 Å². The van der Waals surface area contributed by atoms with Gasteiger partial charge in [-0.2, -0.15) is 0 Å². The summed E-state index contributed by atoms with van der Waals surface area (Å²) < 4.78 is 11.7. The first-order valence-electron chi connectivity index (χ1n) is 53.2. The quantitative estimate of drug-likeness (QED) is 0.151.